The molecule has 9 heteroatoms. The average Bonchev–Trinajstić information content (AvgIpc) is 2.86. The fraction of sp³-hybridized carbons (Fsp3) is 0.389. The van der Waals surface area contributed by atoms with Gasteiger partial charge in [0.05, 0.1) is 10.7 Å². The summed E-state index contributed by atoms with van der Waals surface area (Å²) in [5.41, 5.74) is -0.107. The van der Waals surface area contributed by atoms with Crippen molar-refractivity contribution in [3.63, 3.8) is 0 Å². The van der Waals surface area contributed by atoms with Gasteiger partial charge in [-0.25, -0.2) is 4.79 Å². The molecule has 2 N–H and O–H groups in total. The number of nitrogens with zero attached hydrogens (tertiary/aromatic N) is 2. The summed E-state index contributed by atoms with van der Waals surface area (Å²) in [6, 6.07) is 8.06. The highest BCUT2D eigenvalue weighted by atomic mass is 35.5. The Hall–Kier alpha value is -2.03. The van der Waals surface area contributed by atoms with E-state index in [0.29, 0.717) is 5.75 Å². The summed E-state index contributed by atoms with van der Waals surface area (Å²) in [4.78, 5) is 40.3. The number of aliphatic carboxylic acids is 1. The molecule has 0 radical (unpaired) electrons. The molecule has 142 valence electrons. The molecule has 1 aromatic rings. The molecule has 0 aromatic heterocycles. The van der Waals surface area contributed by atoms with Gasteiger partial charge in [0.15, 0.2) is 0 Å². The fourth-order valence-corrected chi connectivity index (χ4v) is 5.52. The minimum Gasteiger partial charge on any atom is -0.477 e. The maximum Gasteiger partial charge on any atom is 0.353 e. The lowest BCUT2D eigenvalue weighted by Crippen LogP contribution is -2.73. The molecule has 3 heterocycles. The number of carbonyl (C=O) groups excluding carboxylic acids is 2. The third-order valence-electron chi connectivity index (χ3n) is 5.09. The number of hydrogen-bond acceptors (Lipinski definition) is 5. The Bertz CT molecular complexity index is 873. The summed E-state index contributed by atoms with van der Waals surface area (Å²) in [6.07, 6.45) is 0. The second-order valence-corrected chi connectivity index (χ2v) is 8.73. The first kappa shape index (κ1) is 18.3. The average molecular weight is 408 g/mol. The van der Waals surface area contributed by atoms with Crippen molar-refractivity contribution in [2.75, 3.05) is 5.75 Å². The topological polar surface area (TPSA) is 90.0 Å². The van der Waals surface area contributed by atoms with Crippen LogP contribution in [0.4, 0.5) is 0 Å². The standard InChI is InChI=1S/C18H18ClN3O4S/c1-18(2)20-11(9-6-4-3-5-7-9)14(23)22(18)13-15(24)21-12(17(25)26)10(19)8-27-16(13)21/h3-7,11,13,16,20H,8H2,1-2H3,(H,25,26)/t11-,13-,16-/m1/s1. The highest BCUT2D eigenvalue weighted by Crippen LogP contribution is 2.46. The van der Waals surface area contributed by atoms with Crippen LogP contribution in [0, 0.1) is 0 Å². The van der Waals surface area contributed by atoms with E-state index in [-0.39, 0.29) is 16.6 Å². The van der Waals surface area contributed by atoms with E-state index in [0.717, 1.165) is 5.56 Å². The molecule has 2 fully saturated rings. The maximum atomic E-state index is 13.2. The number of amides is 2. The van der Waals surface area contributed by atoms with Gasteiger partial charge in [-0.05, 0) is 19.4 Å². The van der Waals surface area contributed by atoms with Crippen molar-refractivity contribution >= 4 is 41.1 Å². The highest BCUT2D eigenvalue weighted by molar-refractivity contribution is 8.00. The van der Waals surface area contributed by atoms with Gasteiger partial charge in [-0.1, -0.05) is 41.9 Å². The van der Waals surface area contributed by atoms with Gasteiger partial charge in [0.1, 0.15) is 23.2 Å². The Kier molecular flexibility index (Phi) is 4.25. The number of carbonyl (C=O) groups is 3. The van der Waals surface area contributed by atoms with E-state index in [2.05, 4.69) is 5.32 Å². The van der Waals surface area contributed by atoms with Crippen molar-refractivity contribution in [2.24, 2.45) is 0 Å². The van der Waals surface area contributed by atoms with Crippen LogP contribution in [-0.2, 0) is 14.4 Å². The van der Waals surface area contributed by atoms with Crippen LogP contribution >= 0.6 is 23.4 Å². The molecule has 4 rings (SSSR count). The monoisotopic (exact) mass is 407 g/mol. The van der Waals surface area contributed by atoms with Crippen LogP contribution in [0.3, 0.4) is 0 Å². The summed E-state index contributed by atoms with van der Waals surface area (Å²) in [5, 5.41) is 12.4. The number of thioether (sulfide) groups is 1. The molecule has 0 aliphatic carbocycles. The minimum absolute atomic E-state index is 0.142. The zero-order valence-electron chi connectivity index (χ0n) is 14.7. The number of fused-ring (bicyclic) bond motifs is 1. The zero-order valence-corrected chi connectivity index (χ0v) is 16.3. The molecule has 0 spiro atoms. The number of β-lactam (4-membered cyclic amide) rings is 1. The molecule has 3 aliphatic heterocycles. The van der Waals surface area contributed by atoms with Gasteiger partial charge >= 0.3 is 5.97 Å². The van der Waals surface area contributed by atoms with E-state index in [1.165, 1.54) is 16.7 Å². The van der Waals surface area contributed by atoms with Gasteiger partial charge in [0, 0.05) is 5.75 Å². The quantitative estimate of drug-likeness (QED) is 0.741. The van der Waals surface area contributed by atoms with Crippen LogP contribution in [0.15, 0.2) is 41.1 Å². The predicted octanol–water partition coefficient (Wildman–Crippen LogP) is 1.71. The first-order valence-electron chi connectivity index (χ1n) is 8.46. The van der Waals surface area contributed by atoms with Gasteiger partial charge in [0.2, 0.25) is 5.91 Å². The van der Waals surface area contributed by atoms with Crippen molar-refractivity contribution in [3.05, 3.63) is 46.6 Å². The van der Waals surface area contributed by atoms with Gasteiger partial charge in [-0.3, -0.25) is 19.8 Å². The molecule has 0 unspecified atom stereocenters. The Labute approximate surface area is 165 Å². The summed E-state index contributed by atoms with van der Waals surface area (Å²) in [5.74, 6) is -1.54. The molecule has 7 nitrogen and oxygen atoms in total. The first-order valence-corrected chi connectivity index (χ1v) is 9.89. The highest BCUT2D eigenvalue weighted by Gasteiger charge is 2.62. The zero-order chi connectivity index (χ0) is 19.5. The molecule has 2 saturated heterocycles. The van der Waals surface area contributed by atoms with E-state index in [9.17, 15) is 19.5 Å². The second kappa shape index (κ2) is 6.25. The molecule has 0 bridgehead atoms. The van der Waals surface area contributed by atoms with Crippen molar-refractivity contribution in [1.29, 1.82) is 0 Å². The van der Waals surface area contributed by atoms with Crippen LogP contribution in [-0.4, -0.2) is 55.5 Å². The number of hydrogen-bond donors (Lipinski definition) is 2. The van der Waals surface area contributed by atoms with Gasteiger partial charge < -0.3 is 10.0 Å². The maximum absolute atomic E-state index is 13.2. The van der Waals surface area contributed by atoms with E-state index in [1.807, 2.05) is 44.2 Å². The lowest BCUT2D eigenvalue weighted by atomic mass is 10.00. The predicted molar refractivity (Wildman–Crippen MR) is 101 cm³/mol. The van der Waals surface area contributed by atoms with Crippen molar-refractivity contribution < 1.29 is 19.5 Å². The Morgan fingerprint density at radius 2 is 1.93 bits per heavy atom. The van der Waals surface area contributed by atoms with Crippen LogP contribution < -0.4 is 5.32 Å². The van der Waals surface area contributed by atoms with Crippen LogP contribution in [0.2, 0.25) is 0 Å². The van der Waals surface area contributed by atoms with Crippen molar-refractivity contribution in [2.45, 2.75) is 37.0 Å². The van der Waals surface area contributed by atoms with E-state index >= 15 is 0 Å². The second-order valence-electron chi connectivity index (χ2n) is 7.17. The number of halogens is 1. The smallest absolute Gasteiger partial charge is 0.353 e. The lowest BCUT2D eigenvalue weighted by molar-refractivity contribution is -0.162. The minimum atomic E-state index is -1.23. The largest absolute Gasteiger partial charge is 0.477 e. The number of rotatable bonds is 3. The Morgan fingerprint density at radius 1 is 1.26 bits per heavy atom. The van der Waals surface area contributed by atoms with E-state index in [1.54, 1.807) is 4.90 Å². The summed E-state index contributed by atoms with van der Waals surface area (Å²) in [7, 11) is 0. The first-order chi connectivity index (χ1) is 12.7. The third-order valence-corrected chi connectivity index (χ3v) is 6.83. The molecular weight excluding hydrogens is 390 g/mol. The summed E-state index contributed by atoms with van der Waals surface area (Å²) >= 11 is 7.39. The van der Waals surface area contributed by atoms with Crippen molar-refractivity contribution in [1.82, 2.24) is 15.1 Å². The number of carboxylic acid groups (broad SMARTS) is 1. The molecule has 3 atom stereocenters. The molecule has 0 saturated carbocycles. The Morgan fingerprint density at radius 3 is 2.56 bits per heavy atom. The summed E-state index contributed by atoms with van der Waals surface area (Å²) < 4.78 is 0. The SMILES string of the molecule is CC1(C)N[C@H](c2ccccc2)C(=O)N1[C@@H]1C(=O)N2C(C(=O)O)=C(Cl)CS[C@H]12. The summed E-state index contributed by atoms with van der Waals surface area (Å²) in [6.45, 7) is 3.69. The number of nitrogens with one attached hydrogen (secondary N) is 1. The molecular formula is C18H18ClN3O4S. The number of benzene rings is 1. The van der Waals surface area contributed by atoms with Crippen molar-refractivity contribution in [3.8, 4) is 0 Å². The van der Waals surface area contributed by atoms with Gasteiger partial charge in [0.25, 0.3) is 5.91 Å². The molecule has 1 aromatic carbocycles. The Balaban J connectivity index is 1.66. The van der Waals surface area contributed by atoms with Crippen LogP contribution in [0.25, 0.3) is 0 Å². The van der Waals surface area contributed by atoms with Crippen LogP contribution in [0.5, 0.6) is 0 Å². The normalized spacial score (nSPS) is 29.7. The fourth-order valence-electron chi connectivity index (χ4n) is 3.92. The molecule has 3 aliphatic rings. The van der Waals surface area contributed by atoms with E-state index in [4.69, 9.17) is 11.6 Å². The third kappa shape index (κ3) is 2.66. The van der Waals surface area contributed by atoms with E-state index < -0.39 is 35.0 Å². The lowest BCUT2D eigenvalue weighted by Gasteiger charge is -2.54. The van der Waals surface area contributed by atoms with Gasteiger partial charge in [-0.2, -0.15) is 0 Å². The van der Waals surface area contributed by atoms with Gasteiger partial charge in [-0.15, -0.1) is 11.8 Å². The molecule has 2 amide bonds. The molecule has 27 heavy (non-hydrogen) atoms. The van der Waals surface area contributed by atoms with Crippen LogP contribution in [0.1, 0.15) is 25.5 Å². The number of carboxylic acids is 1.